The summed E-state index contributed by atoms with van der Waals surface area (Å²) in [7, 11) is 1.84. The first kappa shape index (κ1) is 14.0. The Kier molecular flexibility index (Phi) is 4.52. The Bertz CT molecular complexity index is 403. The summed E-state index contributed by atoms with van der Waals surface area (Å²) in [4.78, 5) is 16.3. The summed E-state index contributed by atoms with van der Waals surface area (Å²) in [6.45, 7) is 8.67. The van der Waals surface area contributed by atoms with Crippen molar-refractivity contribution in [2.75, 3.05) is 33.2 Å². The zero-order chi connectivity index (χ0) is 13.8. The lowest BCUT2D eigenvalue weighted by atomic mass is 10.1. The van der Waals surface area contributed by atoms with E-state index in [9.17, 15) is 4.79 Å². The van der Waals surface area contributed by atoms with Crippen LogP contribution in [0, 0.1) is 11.8 Å². The highest BCUT2D eigenvalue weighted by molar-refractivity contribution is 5.91. The molecule has 1 amide bonds. The molecule has 106 valence electrons. The Morgan fingerprint density at radius 3 is 3.05 bits per heavy atom. The number of aromatic amines is 1. The second kappa shape index (κ2) is 6.14. The van der Waals surface area contributed by atoms with Gasteiger partial charge in [0.15, 0.2) is 5.69 Å². The van der Waals surface area contributed by atoms with Gasteiger partial charge in [-0.2, -0.15) is 15.4 Å². The number of H-pyrrole nitrogens is 1. The molecule has 2 heterocycles. The van der Waals surface area contributed by atoms with Crippen molar-refractivity contribution >= 4 is 5.91 Å². The highest BCUT2D eigenvalue weighted by Crippen LogP contribution is 2.18. The van der Waals surface area contributed by atoms with Crippen LogP contribution in [0.25, 0.3) is 0 Å². The Morgan fingerprint density at radius 1 is 1.63 bits per heavy atom. The molecule has 0 unspecified atom stereocenters. The summed E-state index contributed by atoms with van der Waals surface area (Å²) >= 11 is 0. The molecule has 0 aromatic carbocycles. The Labute approximate surface area is 114 Å². The average molecular weight is 265 g/mol. The third-order valence-corrected chi connectivity index (χ3v) is 3.51. The topological polar surface area (TPSA) is 65.1 Å². The first-order chi connectivity index (χ1) is 9.06. The summed E-state index contributed by atoms with van der Waals surface area (Å²) in [6, 6.07) is 0. The van der Waals surface area contributed by atoms with Gasteiger partial charge in [0.25, 0.3) is 5.91 Å². The fourth-order valence-electron chi connectivity index (χ4n) is 2.71. The molecule has 6 nitrogen and oxygen atoms in total. The lowest BCUT2D eigenvalue weighted by molar-refractivity contribution is 0.0767. The van der Waals surface area contributed by atoms with Gasteiger partial charge in [-0.1, -0.05) is 13.8 Å². The third kappa shape index (κ3) is 3.76. The highest BCUT2D eigenvalue weighted by atomic mass is 16.2. The molecule has 1 aromatic rings. The maximum Gasteiger partial charge on any atom is 0.275 e. The Balaban J connectivity index is 1.80. The highest BCUT2D eigenvalue weighted by Gasteiger charge is 2.26. The molecular weight excluding hydrogens is 242 g/mol. The number of amides is 1. The smallest absolute Gasteiger partial charge is 0.275 e. The molecule has 0 spiro atoms. The SMILES string of the molecule is CC(C)CN1CC[C@@H](CN(C)C(=O)c2cn[nH]n2)C1. The summed E-state index contributed by atoms with van der Waals surface area (Å²) in [5.41, 5.74) is 0.388. The van der Waals surface area contributed by atoms with E-state index in [1.165, 1.54) is 12.6 Å². The van der Waals surface area contributed by atoms with Crippen LogP contribution < -0.4 is 0 Å². The van der Waals surface area contributed by atoms with Crippen molar-refractivity contribution in [3.05, 3.63) is 11.9 Å². The van der Waals surface area contributed by atoms with Gasteiger partial charge in [-0.3, -0.25) is 4.79 Å². The van der Waals surface area contributed by atoms with E-state index in [1.54, 1.807) is 4.90 Å². The number of carbonyl (C=O) groups excluding carboxylic acids is 1. The molecular formula is C13H23N5O. The number of likely N-dealkylation sites (tertiary alicyclic amines) is 1. The number of aromatic nitrogens is 3. The van der Waals surface area contributed by atoms with Gasteiger partial charge >= 0.3 is 0 Å². The van der Waals surface area contributed by atoms with Gasteiger partial charge in [0.05, 0.1) is 6.20 Å². The molecule has 0 saturated carbocycles. The van der Waals surface area contributed by atoms with E-state index >= 15 is 0 Å². The van der Waals surface area contributed by atoms with Crippen molar-refractivity contribution < 1.29 is 4.79 Å². The predicted octanol–water partition coefficient (Wildman–Crippen LogP) is 0.855. The number of nitrogens with zero attached hydrogens (tertiary/aromatic N) is 4. The fourth-order valence-corrected chi connectivity index (χ4v) is 2.71. The van der Waals surface area contributed by atoms with E-state index in [-0.39, 0.29) is 5.91 Å². The molecule has 1 fully saturated rings. The van der Waals surface area contributed by atoms with Crippen LogP contribution in [-0.4, -0.2) is 64.3 Å². The molecule has 2 rings (SSSR count). The Hall–Kier alpha value is -1.43. The second-order valence-electron chi connectivity index (χ2n) is 5.85. The third-order valence-electron chi connectivity index (χ3n) is 3.51. The van der Waals surface area contributed by atoms with Crippen LogP contribution in [-0.2, 0) is 0 Å². The molecule has 1 N–H and O–H groups in total. The quantitative estimate of drug-likeness (QED) is 0.857. The molecule has 0 bridgehead atoms. The zero-order valence-electron chi connectivity index (χ0n) is 12.0. The van der Waals surface area contributed by atoms with Gasteiger partial charge in [0.2, 0.25) is 0 Å². The van der Waals surface area contributed by atoms with E-state index in [0.29, 0.717) is 17.5 Å². The van der Waals surface area contributed by atoms with Crippen LogP contribution >= 0.6 is 0 Å². The van der Waals surface area contributed by atoms with Gasteiger partial charge in [0.1, 0.15) is 0 Å². The van der Waals surface area contributed by atoms with Crippen LogP contribution in [0.3, 0.4) is 0 Å². The lowest BCUT2D eigenvalue weighted by Gasteiger charge is -2.21. The van der Waals surface area contributed by atoms with Crippen LogP contribution in [0.1, 0.15) is 30.8 Å². The molecule has 0 radical (unpaired) electrons. The van der Waals surface area contributed by atoms with Gasteiger partial charge in [-0.25, -0.2) is 0 Å². The number of carbonyl (C=O) groups is 1. The molecule has 19 heavy (non-hydrogen) atoms. The molecule has 6 heteroatoms. The number of nitrogens with one attached hydrogen (secondary N) is 1. The summed E-state index contributed by atoms with van der Waals surface area (Å²) in [6.07, 6.45) is 2.64. The molecule has 1 aliphatic heterocycles. The Morgan fingerprint density at radius 2 is 2.42 bits per heavy atom. The standard InChI is InChI=1S/C13H23N5O/c1-10(2)7-18-5-4-11(9-18)8-17(3)13(19)12-6-14-16-15-12/h6,10-11H,4-5,7-9H2,1-3H3,(H,14,15,16)/t11-/m0/s1. The van der Waals surface area contributed by atoms with E-state index in [1.807, 2.05) is 7.05 Å². The normalized spacial score (nSPS) is 20.1. The van der Waals surface area contributed by atoms with E-state index in [2.05, 4.69) is 34.2 Å². The van der Waals surface area contributed by atoms with Crippen molar-refractivity contribution in [1.29, 1.82) is 0 Å². The number of hydrogen-bond acceptors (Lipinski definition) is 4. The van der Waals surface area contributed by atoms with Crippen LogP contribution in [0.15, 0.2) is 6.20 Å². The van der Waals surface area contributed by atoms with E-state index in [0.717, 1.165) is 26.2 Å². The van der Waals surface area contributed by atoms with Crippen molar-refractivity contribution in [2.45, 2.75) is 20.3 Å². The van der Waals surface area contributed by atoms with Crippen molar-refractivity contribution in [3.63, 3.8) is 0 Å². The molecule has 0 aliphatic carbocycles. The van der Waals surface area contributed by atoms with E-state index in [4.69, 9.17) is 0 Å². The summed E-state index contributed by atoms with van der Waals surface area (Å²) in [5.74, 6) is 1.21. The number of rotatable bonds is 5. The minimum absolute atomic E-state index is 0.0592. The van der Waals surface area contributed by atoms with Crippen molar-refractivity contribution in [2.24, 2.45) is 11.8 Å². The molecule has 1 saturated heterocycles. The van der Waals surface area contributed by atoms with E-state index < -0.39 is 0 Å². The van der Waals surface area contributed by atoms with Crippen molar-refractivity contribution in [1.82, 2.24) is 25.2 Å². The molecule has 1 aromatic heterocycles. The second-order valence-corrected chi connectivity index (χ2v) is 5.85. The maximum atomic E-state index is 12.0. The molecule has 1 aliphatic rings. The minimum atomic E-state index is -0.0592. The van der Waals surface area contributed by atoms with Crippen molar-refractivity contribution in [3.8, 4) is 0 Å². The maximum absolute atomic E-state index is 12.0. The van der Waals surface area contributed by atoms with Crippen LogP contribution in [0.2, 0.25) is 0 Å². The lowest BCUT2D eigenvalue weighted by Crippen LogP contribution is -2.33. The number of hydrogen-bond donors (Lipinski definition) is 1. The average Bonchev–Trinajstić information content (AvgIpc) is 2.98. The monoisotopic (exact) mass is 265 g/mol. The summed E-state index contributed by atoms with van der Waals surface area (Å²) in [5, 5.41) is 9.97. The van der Waals surface area contributed by atoms with Gasteiger partial charge in [-0.05, 0) is 24.8 Å². The summed E-state index contributed by atoms with van der Waals surface area (Å²) < 4.78 is 0. The molecule has 1 atom stereocenters. The predicted molar refractivity (Wildman–Crippen MR) is 72.7 cm³/mol. The van der Waals surface area contributed by atoms with Gasteiger partial charge in [0, 0.05) is 26.7 Å². The zero-order valence-corrected chi connectivity index (χ0v) is 12.0. The van der Waals surface area contributed by atoms with Gasteiger partial charge < -0.3 is 9.80 Å². The van der Waals surface area contributed by atoms with Gasteiger partial charge in [-0.15, -0.1) is 0 Å². The van der Waals surface area contributed by atoms with Crippen LogP contribution in [0.5, 0.6) is 0 Å². The largest absolute Gasteiger partial charge is 0.340 e. The minimum Gasteiger partial charge on any atom is -0.340 e. The van der Waals surface area contributed by atoms with Crippen LogP contribution in [0.4, 0.5) is 0 Å². The fraction of sp³-hybridized carbons (Fsp3) is 0.769. The first-order valence-corrected chi connectivity index (χ1v) is 6.90. The first-order valence-electron chi connectivity index (χ1n) is 6.90.